The molecule has 2 atom stereocenters. The number of rotatable bonds is 5. The molecule has 2 heteroatoms. The quantitative estimate of drug-likeness (QED) is 0.630. The fourth-order valence-electron chi connectivity index (χ4n) is 1.33. The summed E-state index contributed by atoms with van der Waals surface area (Å²) in [4.78, 5) is 2.31. The van der Waals surface area contributed by atoms with Crippen molar-refractivity contribution in [3.63, 3.8) is 0 Å². The smallest absolute Gasteiger partial charge is 0.0638 e. The third-order valence-corrected chi connectivity index (χ3v) is 2.66. The predicted molar refractivity (Wildman–Crippen MR) is 51.8 cm³/mol. The first-order valence-electron chi connectivity index (χ1n) is 4.76. The van der Waals surface area contributed by atoms with Gasteiger partial charge in [-0.1, -0.05) is 13.8 Å². The van der Waals surface area contributed by atoms with Crippen LogP contribution in [0.4, 0.5) is 0 Å². The van der Waals surface area contributed by atoms with Crippen LogP contribution in [-0.4, -0.2) is 24.0 Å². The van der Waals surface area contributed by atoms with Gasteiger partial charge in [0.05, 0.1) is 12.5 Å². The van der Waals surface area contributed by atoms with Crippen molar-refractivity contribution in [2.45, 2.75) is 52.1 Å². The molecule has 0 heterocycles. The van der Waals surface area contributed by atoms with Crippen LogP contribution in [-0.2, 0) is 0 Å². The van der Waals surface area contributed by atoms with Gasteiger partial charge in [-0.2, -0.15) is 5.26 Å². The van der Waals surface area contributed by atoms with E-state index in [1.165, 1.54) is 0 Å². The molecule has 70 valence electrons. The van der Waals surface area contributed by atoms with Crippen LogP contribution in [0, 0.1) is 11.3 Å². The van der Waals surface area contributed by atoms with Crippen LogP contribution in [0.3, 0.4) is 0 Å². The van der Waals surface area contributed by atoms with Gasteiger partial charge in [-0.15, -0.1) is 0 Å². The van der Waals surface area contributed by atoms with Crippen LogP contribution in [0.5, 0.6) is 0 Å². The Morgan fingerprint density at radius 1 is 1.33 bits per heavy atom. The highest BCUT2D eigenvalue weighted by molar-refractivity contribution is 4.82. The third kappa shape index (κ3) is 3.23. The van der Waals surface area contributed by atoms with E-state index < -0.39 is 0 Å². The first-order valence-corrected chi connectivity index (χ1v) is 4.76. The van der Waals surface area contributed by atoms with E-state index in [1.54, 1.807) is 0 Å². The molecular weight excluding hydrogens is 148 g/mol. The molecule has 0 aromatic heterocycles. The molecule has 0 aromatic carbocycles. The van der Waals surface area contributed by atoms with Crippen LogP contribution in [0.15, 0.2) is 0 Å². The van der Waals surface area contributed by atoms with Gasteiger partial charge in [0, 0.05) is 12.1 Å². The van der Waals surface area contributed by atoms with Crippen molar-refractivity contribution in [1.82, 2.24) is 4.90 Å². The normalized spacial score (nSPS) is 15.7. The van der Waals surface area contributed by atoms with E-state index in [4.69, 9.17) is 5.26 Å². The van der Waals surface area contributed by atoms with Crippen LogP contribution >= 0.6 is 0 Å². The predicted octanol–water partition coefficient (Wildman–Crippen LogP) is 2.41. The van der Waals surface area contributed by atoms with Gasteiger partial charge < -0.3 is 0 Å². The van der Waals surface area contributed by atoms with E-state index in [0.29, 0.717) is 18.5 Å². The molecule has 0 spiro atoms. The lowest BCUT2D eigenvalue weighted by atomic mass is 10.1. The fourth-order valence-corrected chi connectivity index (χ4v) is 1.33. The van der Waals surface area contributed by atoms with Crippen molar-refractivity contribution >= 4 is 0 Å². The summed E-state index contributed by atoms with van der Waals surface area (Å²) in [5, 5.41) is 8.59. The van der Waals surface area contributed by atoms with Crippen molar-refractivity contribution in [3.8, 4) is 6.07 Å². The summed E-state index contributed by atoms with van der Waals surface area (Å²) in [6.45, 7) is 6.53. The lowest BCUT2D eigenvalue weighted by Gasteiger charge is -2.30. The van der Waals surface area contributed by atoms with Gasteiger partial charge in [-0.25, -0.2) is 0 Å². The van der Waals surface area contributed by atoms with E-state index in [9.17, 15) is 0 Å². The standard InChI is InChI=1S/C10H20N2/c1-5-9(3)12(4)10(6-2)7-8-11/h9-10H,5-7H2,1-4H3. The Labute approximate surface area is 76.2 Å². The summed E-state index contributed by atoms with van der Waals surface area (Å²) in [6.07, 6.45) is 2.87. The van der Waals surface area contributed by atoms with Gasteiger partial charge in [0.25, 0.3) is 0 Å². The average molecular weight is 168 g/mol. The van der Waals surface area contributed by atoms with Crippen molar-refractivity contribution in [1.29, 1.82) is 5.26 Å². The van der Waals surface area contributed by atoms with E-state index >= 15 is 0 Å². The number of nitriles is 1. The van der Waals surface area contributed by atoms with Crippen LogP contribution in [0.1, 0.15) is 40.0 Å². The maximum atomic E-state index is 8.59. The van der Waals surface area contributed by atoms with Crippen LogP contribution < -0.4 is 0 Å². The molecule has 2 unspecified atom stereocenters. The highest BCUT2D eigenvalue weighted by Gasteiger charge is 2.16. The van der Waals surface area contributed by atoms with E-state index in [0.717, 1.165) is 12.8 Å². The molecule has 0 amide bonds. The summed E-state index contributed by atoms with van der Waals surface area (Å²) in [5.74, 6) is 0. The Morgan fingerprint density at radius 3 is 2.25 bits per heavy atom. The van der Waals surface area contributed by atoms with Gasteiger partial charge in [-0.05, 0) is 26.8 Å². The molecule has 0 radical (unpaired) electrons. The number of hydrogen-bond acceptors (Lipinski definition) is 2. The summed E-state index contributed by atoms with van der Waals surface area (Å²) >= 11 is 0. The minimum Gasteiger partial charge on any atom is -0.300 e. The summed E-state index contributed by atoms with van der Waals surface area (Å²) in [5.41, 5.74) is 0. The molecule has 0 rings (SSSR count). The molecule has 0 saturated carbocycles. The first kappa shape index (κ1) is 11.4. The minimum atomic E-state index is 0.435. The molecule has 0 aromatic rings. The largest absolute Gasteiger partial charge is 0.300 e. The van der Waals surface area contributed by atoms with E-state index in [2.05, 4.69) is 38.8 Å². The van der Waals surface area contributed by atoms with Gasteiger partial charge in [0.2, 0.25) is 0 Å². The zero-order valence-corrected chi connectivity index (χ0v) is 8.67. The highest BCUT2D eigenvalue weighted by Crippen LogP contribution is 2.11. The molecule has 0 saturated heterocycles. The van der Waals surface area contributed by atoms with Crippen LogP contribution in [0.25, 0.3) is 0 Å². The second-order valence-electron chi connectivity index (χ2n) is 3.35. The van der Waals surface area contributed by atoms with Crippen molar-refractivity contribution in [2.24, 2.45) is 0 Å². The molecule has 0 fully saturated rings. The summed E-state index contributed by atoms with van der Waals surface area (Å²) < 4.78 is 0. The second-order valence-corrected chi connectivity index (χ2v) is 3.35. The average Bonchev–Trinajstić information content (AvgIpc) is 2.11. The zero-order chi connectivity index (χ0) is 9.56. The van der Waals surface area contributed by atoms with Crippen molar-refractivity contribution in [2.75, 3.05) is 7.05 Å². The molecular formula is C10H20N2. The number of hydrogen-bond donors (Lipinski definition) is 0. The van der Waals surface area contributed by atoms with Crippen molar-refractivity contribution < 1.29 is 0 Å². The Bertz CT molecular complexity index is 148. The van der Waals surface area contributed by atoms with Crippen molar-refractivity contribution in [3.05, 3.63) is 0 Å². The van der Waals surface area contributed by atoms with Gasteiger partial charge >= 0.3 is 0 Å². The van der Waals surface area contributed by atoms with Crippen LogP contribution in [0.2, 0.25) is 0 Å². The molecule has 0 aliphatic carbocycles. The van der Waals surface area contributed by atoms with Gasteiger partial charge in [0.1, 0.15) is 0 Å². The lowest BCUT2D eigenvalue weighted by molar-refractivity contribution is 0.177. The minimum absolute atomic E-state index is 0.435. The molecule has 0 bridgehead atoms. The highest BCUT2D eigenvalue weighted by atomic mass is 15.1. The second kappa shape index (κ2) is 6.02. The van der Waals surface area contributed by atoms with Gasteiger partial charge in [0.15, 0.2) is 0 Å². The Balaban J connectivity index is 4.02. The molecule has 0 aliphatic rings. The zero-order valence-electron chi connectivity index (χ0n) is 8.67. The SMILES string of the molecule is CCC(C)N(C)C(CC)CC#N. The fraction of sp³-hybridized carbons (Fsp3) is 0.900. The Kier molecular flexibility index (Phi) is 5.74. The van der Waals surface area contributed by atoms with Gasteiger partial charge in [-0.3, -0.25) is 4.90 Å². The summed E-state index contributed by atoms with van der Waals surface area (Å²) in [7, 11) is 2.11. The molecule has 0 N–H and O–H groups in total. The monoisotopic (exact) mass is 168 g/mol. The molecule has 0 aliphatic heterocycles. The number of nitrogens with zero attached hydrogens (tertiary/aromatic N) is 2. The first-order chi connectivity index (χ1) is 5.67. The maximum Gasteiger partial charge on any atom is 0.0638 e. The molecule has 12 heavy (non-hydrogen) atoms. The Hall–Kier alpha value is -0.550. The van der Waals surface area contributed by atoms with E-state index in [1.807, 2.05) is 0 Å². The maximum absolute atomic E-state index is 8.59. The summed E-state index contributed by atoms with van der Waals surface area (Å²) in [6, 6.07) is 3.26. The molecule has 2 nitrogen and oxygen atoms in total. The lowest BCUT2D eigenvalue weighted by Crippen LogP contribution is -2.37. The van der Waals surface area contributed by atoms with E-state index in [-0.39, 0.29) is 0 Å². The third-order valence-electron chi connectivity index (χ3n) is 2.66. The topological polar surface area (TPSA) is 27.0 Å². The Morgan fingerprint density at radius 2 is 1.92 bits per heavy atom.